The molecule has 0 aliphatic heterocycles. The highest BCUT2D eigenvalue weighted by Crippen LogP contribution is 2.28. The summed E-state index contributed by atoms with van der Waals surface area (Å²) in [6.45, 7) is 0. The molecule has 2 aromatic carbocycles. The van der Waals surface area contributed by atoms with Crippen LogP contribution in [0.5, 0.6) is 11.5 Å². The van der Waals surface area contributed by atoms with E-state index in [1.54, 1.807) is 42.5 Å². The average Bonchev–Trinajstić information content (AvgIpc) is 2.59. The number of benzene rings is 2. The molecule has 0 unspecified atom stereocenters. The lowest BCUT2D eigenvalue weighted by Crippen LogP contribution is -2.03. The van der Waals surface area contributed by atoms with Gasteiger partial charge in [-0.1, -0.05) is 18.2 Å². The van der Waals surface area contributed by atoms with E-state index in [1.165, 1.54) is 32.4 Å². The average molecular weight is 329 g/mol. The van der Waals surface area contributed by atoms with Crippen molar-refractivity contribution >= 4 is 15.9 Å². The molecule has 0 spiro atoms. The fourth-order valence-electron chi connectivity index (χ4n) is 1.99. The number of nitrogens with zero attached hydrogens (tertiary/aromatic N) is 1. The lowest BCUT2D eigenvalue weighted by atomic mass is 10.1. The fraction of sp³-hybridized carbons (Fsp3) is 0.118. The molecule has 23 heavy (non-hydrogen) atoms. The van der Waals surface area contributed by atoms with Crippen LogP contribution in [0.2, 0.25) is 0 Å². The first-order valence-corrected chi connectivity index (χ1v) is 8.15. The highest BCUT2D eigenvalue weighted by Gasteiger charge is 2.21. The third-order valence-electron chi connectivity index (χ3n) is 3.18. The molecule has 2 rings (SSSR count). The van der Waals surface area contributed by atoms with Gasteiger partial charge in [0.05, 0.1) is 19.1 Å². The Hall–Kier alpha value is -2.78. The predicted octanol–water partition coefficient (Wildman–Crippen LogP) is 3.04. The molecule has 2 aromatic rings. The zero-order valence-electron chi connectivity index (χ0n) is 12.7. The van der Waals surface area contributed by atoms with Gasteiger partial charge in [0.2, 0.25) is 9.84 Å². The van der Waals surface area contributed by atoms with Crippen molar-refractivity contribution in [1.29, 1.82) is 5.26 Å². The number of rotatable bonds is 5. The third-order valence-corrected chi connectivity index (χ3v) is 4.86. The highest BCUT2D eigenvalue weighted by molar-refractivity contribution is 7.95. The van der Waals surface area contributed by atoms with Gasteiger partial charge < -0.3 is 9.47 Å². The maximum atomic E-state index is 12.6. The van der Waals surface area contributed by atoms with Crippen molar-refractivity contribution in [3.63, 3.8) is 0 Å². The minimum absolute atomic E-state index is 0.0645. The molecule has 5 nitrogen and oxygen atoms in total. The summed E-state index contributed by atoms with van der Waals surface area (Å²) in [5, 5.41) is 9.30. The molecule has 0 atom stereocenters. The smallest absolute Gasteiger partial charge is 0.216 e. The van der Waals surface area contributed by atoms with Crippen LogP contribution in [-0.2, 0) is 9.84 Å². The third kappa shape index (κ3) is 3.52. The summed E-state index contributed by atoms with van der Waals surface area (Å²) in [6, 6.07) is 14.5. The Kier molecular flexibility index (Phi) is 5.04. The molecular weight excluding hydrogens is 314 g/mol. The van der Waals surface area contributed by atoms with Gasteiger partial charge in [-0.05, 0) is 36.4 Å². The fourth-order valence-corrected chi connectivity index (χ4v) is 3.16. The number of nitriles is 1. The normalized spacial score (nSPS) is 11.6. The van der Waals surface area contributed by atoms with Crippen LogP contribution in [0.25, 0.3) is 6.08 Å². The Morgan fingerprint density at radius 1 is 1.09 bits per heavy atom. The zero-order valence-corrected chi connectivity index (χ0v) is 13.5. The molecule has 0 radical (unpaired) electrons. The number of hydrogen-bond acceptors (Lipinski definition) is 5. The van der Waals surface area contributed by atoms with Crippen LogP contribution >= 0.6 is 0 Å². The first-order chi connectivity index (χ1) is 11.0. The van der Waals surface area contributed by atoms with Crippen LogP contribution < -0.4 is 9.47 Å². The summed E-state index contributed by atoms with van der Waals surface area (Å²) in [5.74, 6) is 0.980. The van der Waals surface area contributed by atoms with Gasteiger partial charge in [0.1, 0.15) is 22.5 Å². The Morgan fingerprint density at radius 3 is 2.35 bits per heavy atom. The monoisotopic (exact) mass is 329 g/mol. The molecule has 0 saturated carbocycles. The quantitative estimate of drug-likeness (QED) is 0.788. The largest absolute Gasteiger partial charge is 0.497 e. The molecule has 118 valence electrons. The Bertz CT molecular complexity index is 865. The van der Waals surface area contributed by atoms with Crippen molar-refractivity contribution in [2.24, 2.45) is 0 Å². The lowest BCUT2D eigenvalue weighted by Gasteiger charge is -2.08. The summed E-state index contributed by atoms with van der Waals surface area (Å²) in [5.41, 5.74) is 0.447. The summed E-state index contributed by atoms with van der Waals surface area (Å²) in [4.78, 5) is -0.301. The van der Waals surface area contributed by atoms with Gasteiger partial charge in [-0.3, -0.25) is 0 Å². The first kappa shape index (κ1) is 16.6. The number of ether oxygens (including phenoxy) is 2. The van der Waals surface area contributed by atoms with Gasteiger partial charge in [-0.25, -0.2) is 8.42 Å². The first-order valence-electron chi connectivity index (χ1n) is 6.67. The van der Waals surface area contributed by atoms with E-state index in [1.807, 2.05) is 0 Å². The van der Waals surface area contributed by atoms with Crippen molar-refractivity contribution in [2.75, 3.05) is 14.2 Å². The highest BCUT2D eigenvalue weighted by atomic mass is 32.2. The summed E-state index contributed by atoms with van der Waals surface area (Å²) in [6.07, 6.45) is 1.28. The minimum atomic E-state index is -3.89. The van der Waals surface area contributed by atoms with E-state index < -0.39 is 9.84 Å². The van der Waals surface area contributed by atoms with Gasteiger partial charge in [-0.2, -0.15) is 5.26 Å². The molecule has 0 fully saturated rings. The number of sulfone groups is 1. The van der Waals surface area contributed by atoms with Gasteiger partial charge in [0.25, 0.3) is 0 Å². The van der Waals surface area contributed by atoms with Crippen molar-refractivity contribution < 1.29 is 17.9 Å². The standard InChI is InChI=1S/C17H15NO4S/c1-21-14-8-9-17(22-2)13(10-14)11-16(12-18)23(19,20)15-6-4-3-5-7-15/h3-11H,1-2H3/b16-11+. The second-order valence-electron chi connectivity index (χ2n) is 4.54. The van der Waals surface area contributed by atoms with Crippen LogP contribution in [0.15, 0.2) is 58.3 Å². The van der Waals surface area contributed by atoms with Crippen LogP contribution in [0.4, 0.5) is 0 Å². The minimum Gasteiger partial charge on any atom is -0.497 e. The van der Waals surface area contributed by atoms with E-state index in [0.717, 1.165) is 0 Å². The van der Waals surface area contributed by atoms with E-state index in [-0.39, 0.29) is 9.80 Å². The maximum absolute atomic E-state index is 12.6. The Labute approximate surface area is 135 Å². The van der Waals surface area contributed by atoms with E-state index in [4.69, 9.17) is 9.47 Å². The zero-order chi connectivity index (χ0) is 16.9. The molecule has 0 aliphatic carbocycles. The van der Waals surface area contributed by atoms with E-state index in [9.17, 15) is 13.7 Å². The topological polar surface area (TPSA) is 76.4 Å². The maximum Gasteiger partial charge on any atom is 0.216 e. The summed E-state index contributed by atoms with van der Waals surface area (Å²) >= 11 is 0. The van der Waals surface area contributed by atoms with Gasteiger partial charge >= 0.3 is 0 Å². The van der Waals surface area contributed by atoms with Gasteiger partial charge in [0.15, 0.2) is 0 Å². The van der Waals surface area contributed by atoms with Crippen LogP contribution in [0.3, 0.4) is 0 Å². The SMILES string of the molecule is COc1ccc(OC)c(/C=C(\C#N)S(=O)(=O)c2ccccc2)c1. The molecule has 0 bridgehead atoms. The Balaban J connectivity index is 2.58. The molecule has 0 N–H and O–H groups in total. The van der Waals surface area contributed by atoms with Crippen molar-refractivity contribution in [1.82, 2.24) is 0 Å². The molecule has 0 aromatic heterocycles. The van der Waals surface area contributed by atoms with E-state index >= 15 is 0 Å². The molecule has 0 amide bonds. The van der Waals surface area contributed by atoms with E-state index in [0.29, 0.717) is 17.1 Å². The van der Waals surface area contributed by atoms with Gasteiger partial charge in [0, 0.05) is 5.56 Å². The van der Waals surface area contributed by atoms with Crippen LogP contribution in [-0.4, -0.2) is 22.6 Å². The number of hydrogen-bond donors (Lipinski definition) is 0. The van der Waals surface area contributed by atoms with E-state index in [2.05, 4.69) is 0 Å². The van der Waals surface area contributed by atoms with Gasteiger partial charge in [-0.15, -0.1) is 0 Å². The lowest BCUT2D eigenvalue weighted by molar-refractivity contribution is 0.402. The predicted molar refractivity (Wildman–Crippen MR) is 86.8 cm³/mol. The number of methoxy groups -OCH3 is 2. The second-order valence-corrected chi connectivity index (χ2v) is 6.46. The van der Waals surface area contributed by atoms with Crippen molar-refractivity contribution in [3.05, 3.63) is 59.0 Å². The number of allylic oxidation sites excluding steroid dienone is 1. The molecule has 0 aliphatic rings. The molecule has 0 heterocycles. The Morgan fingerprint density at radius 2 is 1.78 bits per heavy atom. The summed E-state index contributed by atoms with van der Waals surface area (Å²) < 4.78 is 35.4. The second kappa shape index (κ2) is 6.99. The van der Waals surface area contributed by atoms with Crippen molar-refractivity contribution in [3.8, 4) is 17.6 Å². The van der Waals surface area contributed by atoms with Crippen LogP contribution in [0, 0.1) is 11.3 Å². The molecule has 0 saturated heterocycles. The molecular formula is C17H15NO4S. The van der Waals surface area contributed by atoms with Crippen molar-refractivity contribution in [2.45, 2.75) is 4.90 Å². The summed E-state index contributed by atoms with van der Waals surface area (Å²) in [7, 11) is -0.920. The molecule has 6 heteroatoms. The van der Waals surface area contributed by atoms with Crippen LogP contribution in [0.1, 0.15) is 5.56 Å².